The van der Waals surface area contributed by atoms with Gasteiger partial charge in [-0.1, -0.05) is 20.8 Å². The van der Waals surface area contributed by atoms with Gasteiger partial charge in [-0.3, -0.25) is 4.79 Å². The van der Waals surface area contributed by atoms with Gasteiger partial charge >= 0.3 is 5.97 Å². The molecule has 0 N–H and O–H groups in total. The quantitative estimate of drug-likeness (QED) is 0.537. The molecule has 2 aliphatic rings. The highest BCUT2D eigenvalue weighted by molar-refractivity contribution is 5.75. The second-order valence-corrected chi connectivity index (χ2v) is 5.53. The number of hydrogen-bond acceptors (Lipinski definition) is 2. The van der Waals surface area contributed by atoms with E-state index in [1.54, 1.807) is 0 Å². The Morgan fingerprint density at radius 1 is 1.31 bits per heavy atom. The summed E-state index contributed by atoms with van der Waals surface area (Å²) in [5.41, 5.74) is 0.352. The van der Waals surface area contributed by atoms with E-state index >= 15 is 0 Å². The van der Waals surface area contributed by atoms with Crippen molar-refractivity contribution in [3.8, 4) is 0 Å². The summed E-state index contributed by atoms with van der Waals surface area (Å²) < 4.78 is 5.04. The molecule has 2 unspecified atom stereocenters. The van der Waals surface area contributed by atoms with E-state index in [2.05, 4.69) is 20.8 Å². The Bertz CT molecular complexity index is 227. The number of carbonyl (C=O) groups is 1. The summed E-state index contributed by atoms with van der Waals surface area (Å²) in [6.45, 7) is 7.48. The Hall–Kier alpha value is -0.530. The topological polar surface area (TPSA) is 26.3 Å². The molecule has 0 aromatic rings. The predicted octanol–water partition coefficient (Wildman–Crippen LogP) is 2.23. The minimum absolute atomic E-state index is 0.0525. The second kappa shape index (κ2) is 2.73. The van der Waals surface area contributed by atoms with Crippen LogP contribution in [0.4, 0.5) is 0 Å². The van der Waals surface area contributed by atoms with Crippen molar-refractivity contribution in [3.63, 3.8) is 0 Å². The maximum Gasteiger partial charge on any atom is 0.309 e. The van der Waals surface area contributed by atoms with E-state index in [0.717, 1.165) is 6.42 Å². The summed E-state index contributed by atoms with van der Waals surface area (Å²) in [6, 6.07) is 0. The lowest BCUT2D eigenvalue weighted by atomic mass is 9.79. The minimum Gasteiger partial charge on any atom is -0.465 e. The first kappa shape index (κ1) is 9.04. The zero-order valence-electron chi connectivity index (χ0n) is 8.67. The molecule has 2 rings (SSSR count). The average Bonchev–Trinajstić information content (AvgIpc) is 2.51. The molecule has 1 aliphatic carbocycles. The standard InChI is InChI=1S/C11H18O2/c1-11(2,3)8-4-7-6-13-10(12)9(7)5-8/h7-9H,4-6H2,1-3H3/t7?,8-,9?/m0/s1. The van der Waals surface area contributed by atoms with Gasteiger partial charge in [0.15, 0.2) is 0 Å². The van der Waals surface area contributed by atoms with E-state index in [1.807, 2.05) is 0 Å². The molecule has 0 spiro atoms. The van der Waals surface area contributed by atoms with Crippen LogP contribution in [0.3, 0.4) is 0 Å². The van der Waals surface area contributed by atoms with Gasteiger partial charge in [-0.05, 0) is 24.2 Å². The zero-order chi connectivity index (χ0) is 9.64. The molecule has 1 saturated carbocycles. The number of fused-ring (bicyclic) bond motifs is 1. The lowest BCUT2D eigenvalue weighted by molar-refractivity contribution is -0.141. The Labute approximate surface area is 79.7 Å². The number of hydrogen-bond donors (Lipinski definition) is 0. The molecule has 74 valence electrons. The van der Waals surface area contributed by atoms with Gasteiger partial charge in [-0.2, -0.15) is 0 Å². The minimum atomic E-state index is 0.0525. The smallest absolute Gasteiger partial charge is 0.309 e. The van der Waals surface area contributed by atoms with Gasteiger partial charge in [-0.15, -0.1) is 0 Å². The first-order valence-electron chi connectivity index (χ1n) is 5.15. The number of carbonyl (C=O) groups excluding carboxylic acids is 1. The predicted molar refractivity (Wildman–Crippen MR) is 50.1 cm³/mol. The number of esters is 1. The van der Waals surface area contributed by atoms with Crippen molar-refractivity contribution in [2.45, 2.75) is 33.6 Å². The number of ether oxygens (including phenoxy) is 1. The van der Waals surface area contributed by atoms with Gasteiger partial charge in [0.1, 0.15) is 0 Å². The van der Waals surface area contributed by atoms with Gasteiger partial charge in [0.2, 0.25) is 0 Å². The average molecular weight is 182 g/mol. The summed E-state index contributed by atoms with van der Waals surface area (Å²) in [5, 5.41) is 0. The molecule has 0 amide bonds. The SMILES string of the molecule is CC(C)(C)[C@H]1CC2COC(=O)C2C1. The Morgan fingerprint density at radius 3 is 2.54 bits per heavy atom. The summed E-state index contributed by atoms with van der Waals surface area (Å²) in [4.78, 5) is 11.3. The molecular formula is C11H18O2. The maximum atomic E-state index is 11.3. The normalized spacial score (nSPS) is 39.0. The van der Waals surface area contributed by atoms with E-state index in [-0.39, 0.29) is 11.9 Å². The van der Waals surface area contributed by atoms with Crippen LogP contribution in [0.25, 0.3) is 0 Å². The molecule has 2 nitrogen and oxygen atoms in total. The monoisotopic (exact) mass is 182 g/mol. The molecule has 1 aliphatic heterocycles. The first-order chi connectivity index (χ1) is 5.98. The third-order valence-corrected chi connectivity index (χ3v) is 3.66. The lowest BCUT2D eigenvalue weighted by Gasteiger charge is -2.27. The van der Waals surface area contributed by atoms with Crippen molar-refractivity contribution in [3.05, 3.63) is 0 Å². The van der Waals surface area contributed by atoms with Crippen LogP contribution < -0.4 is 0 Å². The van der Waals surface area contributed by atoms with Crippen molar-refractivity contribution >= 4 is 5.97 Å². The van der Waals surface area contributed by atoms with Gasteiger partial charge < -0.3 is 4.74 Å². The van der Waals surface area contributed by atoms with E-state index < -0.39 is 0 Å². The molecule has 0 aromatic carbocycles. The van der Waals surface area contributed by atoms with Gasteiger partial charge in [-0.25, -0.2) is 0 Å². The fraction of sp³-hybridized carbons (Fsp3) is 0.909. The Balaban J connectivity index is 2.07. The van der Waals surface area contributed by atoms with E-state index in [1.165, 1.54) is 6.42 Å². The molecule has 2 fully saturated rings. The molecule has 13 heavy (non-hydrogen) atoms. The van der Waals surface area contributed by atoms with Crippen molar-refractivity contribution in [2.75, 3.05) is 6.61 Å². The van der Waals surface area contributed by atoms with Crippen LogP contribution in [-0.4, -0.2) is 12.6 Å². The fourth-order valence-electron chi connectivity index (χ4n) is 2.60. The van der Waals surface area contributed by atoms with Crippen molar-refractivity contribution in [1.82, 2.24) is 0 Å². The summed E-state index contributed by atoms with van der Waals surface area (Å²) in [5.74, 6) is 1.51. The maximum absolute atomic E-state index is 11.3. The molecular weight excluding hydrogens is 164 g/mol. The third kappa shape index (κ3) is 1.47. The van der Waals surface area contributed by atoms with E-state index in [9.17, 15) is 4.79 Å². The second-order valence-electron chi connectivity index (χ2n) is 5.53. The molecule has 0 bridgehead atoms. The third-order valence-electron chi connectivity index (χ3n) is 3.66. The number of rotatable bonds is 0. The fourth-order valence-corrected chi connectivity index (χ4v) is 2.60. The van der Waals surface area contributed by atoms with Crippen LogP contribution in [-0.2, 0) is 9.53 Å². The summed E-state index contributed by atoms with van der Waals surface area (Å²) in [7, 11) is 0. The van der Waals surface area contributed by atoms with Crippen LogP contribution >= 0.6 is 0 Å². The van der Waals surface area contributed by atoms with Crippen molar-refractivity contribution in [2.24, 2.45) is 23.2 Å². The summed E-state index contributed by atoms with van der Waals surface area (Å²) >= 11 is 0. The highest BCUT2D eigenvalue weighted by Crippen LogP contribution is 2.48. The van der Waals surface area contributed by atoms with E-state index in [0.29, 0.717) is 23.9 Å². The Kier molecular flexibility index (Phi) is 1.90. The highest BCUT2D eigenvalue weighted by Gasteiger charge is 2.47. The molecule has 0 radical (unpaired) electrons. The van der Waals surface area contributed by atoms with Crippen LogP contribution in [0.5, 0.6) is 0 Å². The lowest BCUT2D eigenvalue weighted by Crippen LogP contribution is -2.19. The van der Waals surface area contributed by atoms with Crippen LogP contribution in [0, 0.1) is 23.2 Å². The highest BCUT2D eigenvalue weighted by atomic mass is 16.5. The van der Waals surface area contributed by atoms with Crippen LogP contribution in [0.2, 0.25) is 0 Å². The van der Waals surface area contributed by atoms with Gasteiger partial charge in [0.25, 0.3) is 0 Å². The largest absolute Gasteiger partial charge is 0.465 e. The van der Waals surface area contributed by atoms with Crippen LogP contribution in [0.1, 0.15) is 33.6 Å². The van der Waals surface area contributed by atoms with Gasteiger partial charge in [0.05, 0.1) is 12.5 Å². The molecule has 2 heteroatoms. The zero-order valence-corrected chi connectivity index (χ0v) is 8.67. The summed E-state index contributed by atoms with van der Waals surface area (Å²) in [6.07, 6.45) is 2.23. The molecule has 3 atom stereocenters. The molecule has 0 aromatic heterocycles. The van der Waals surface area contributed by atoms with Crippen molar-refractivity contribution < 1.29 is 9.53 Å². The van der Waals surface area contributed by atoms with Gasteiger partial charge in [0, 0.05) is 5.92 Å². The molecule has 1 heterocycles. The first-order valence-corrected chi connectivity index (χ1v) is 5.15. The number of cyclic esters (lactones) is 1. The van der Waals surface area contributed by atoms with Crippen LogP contribution in [0.15, 0.2) is 0 Å². The molecule has 1 saturated heterocycles. The van der Waals surface area contributed by atoms with E-state index in [4.69, 9.17) is 4.74 Å². The Morgan fingerprint density at radius 2 is 2.00 bits per heavy atom. The van der Waals surface area contributed by atoms with Crippen molar-refractivity contribution in [1.29, 1.82) is 0 Å².